The minimum absolute atomic E-state index is 0.133. The topological polar surface area (TPSA) is 116 Å². The second-order valence-electron chi connectivity index (χ2n) is 13.6. The second-order valence-corrected chi connectivity index (χ2v) is 15.0. The van der Waals surface area contributed by atoms with E-state index in [1.807, 2.05) is 55.5 Å². The highest BCUT2D eigenvalue weighted by Crippen LogP contribution is 2.65. The fourth-order valence-electron chi connectivity index (χ4n) is 8.91. The molecular weight excluding hydrogens is 734 g/mol. The number of nitrogens with zero attached hydrogens (tertiary/aromatic N) is 2. The highest BCUT2D eigenvalue weighted by molar-refractivity contribution is 9.10. The van der Waals surface area contributed by atoms with Gasteiger partial charge < -0.3 is 9.84 Å². The molecule has 4 aromatic carbocycles. The molecule has 4 aliphatic rings. The van der Waals surface area contributed by atoms with E-state index in [4.69, 9.17) is 16.3 Å². The number of anilines is 2. The van der Waals surface area contributed by atoms with Crippen molar-refractivity contribution in [3.8, 4) is 11.5 Å². The molecule has 11 heteroatoms. The number of hydrogen-bond acceptors (Lipinski definition) is 7. The lowest BCUT2D eigenvalue weighted by Crippen LogP contribution is -2.53. The molecule has 2 aliphatic heterocycles. The van der Waals surface area contributed by atoms with Gasteiger partial charge in [0.25, 0.3) is 11.8 Å². The summed E-state index contributed by atoms with van der Waals surface area (Å²) in [6, 6.07) is 26.5. The molecule has 0 aromatic heterocycles. The minimum atomic E-state index is -1.53. The van der Waals surface area contributed by atoms with Crippen molar-refractivity contribution in [2.45, 2.75) is 31.1 Å². The largest absolute Gasteiger partial charge is 0.504 e. The number of carbonyl (C=O) groups excluding carboxylic acids is 4. The average Bonchev–Trinajstić information content (AvgIpc) is 3.51. The molecule has 2 heterocycles. The molecule has 4 aromatic rings. The summed E-state index contributed by atoms with van der Waals surface area (Å²) in [6.45, 7) is 1.95. The standard InChI is InChI=1S/C40H33BrClN3O6/c1-21-8-12-25(13-9-21)43-45-37(48)31-20-29-27(16-17-28-33(29)38(49)44(36(28)47)26-14-10-24(42)11-15-26)34(30-18-23(41)19-32(51-2)35(30)46)40(31,39(45)50)22-6-4-3-5-7-22/h3-16,18-19,28-29,31,33-34,43,46H,17,20H2,1-2H3/t28-,29+,31-,33-,34+,40+/m0/s1. The van der Waals surface area contributed by atoms with Crippen molar-refractivity contribution in [3.63, 3.8) is 0 Å². The van der Waals surface area contributed by atoms with Crippen LogP contribution in [0.1, 0.15) is 35.4 Å². The summed E-state index contributed by atoms with van der Waals surface area (Å²) < 4.78 is 6.18. The fourth-order valence-corrected chi connectivity index (χ4v) is 9.49. The van der Waals surface area contributed by atoms with Crippen LogP contribution in [-0.4, -0.2) is 40.9 Å². The Kier molecular flexibility index (Phi) is 8.07. The Balaban J connectivity index is 1.35. The van der Waals surface area contributed by atoms with Crippen LogP contribution in [0.5, 0.6) is 11.5 Å². The molecule has 4 amide bonds. The molecule has 8 rings (SSSR count). The van der Waals surface area contributed by atoms with E-state index in [-0.39, 0.29) is 36.2 Å². The van der Waals surface area contributed by atoms with Gasteiger partial charge in [0.2, 0.25) is 11.8 Å². The maximum Gasteiger partial charge on any atom is 0.260 e. The molecule has 2 aliphatic carbocycles. The van der Waals surface area contributed by atoms with Gasteiger partial charge >= 0.3 is 0 Å². The lowest BCUT2D eigenvalue weighted by Gasteiger charge is -2.50. The summed E-state index contributed by atoms with van der Waals surface area (Å²) in [7, 11) is 1.45. The van der Waals surface area contributed by atoms with Crippen molar-refractivity contribution < 1.29 is 29.0 Å². The molecule has 51 heavy (non-hydrogen) atoms. The number of rotatable bonds is 6. The number of allylic oxidation sites excluding steroid dienone is 2. The molecule has 0 bridgehead atoms. The van der Waals surface area contributed by atoms with Crippen molar-refractivity contribution in [1.82, 2.24) is 5.01 Å². The number of fused-ring (bicyclic) bond motifs is 4. The zero-order chi connectivity index (χ0) is 35.8. The number of halogens is 2. The Morgan fingerprint density at radius 3 is 2.29 bits per heavy atom. The minimum Gasteiger partial charge on any atom is -0.504 e. The third-order valence-corrected chi connectivity index (χ3v) is 11.8. The van der Waals surface area contributed by atoms with Gasteiger partial charge in [-0.15, -0.1) is 0 Å². The van der Waals surface area contributed by atoms with E-state index in [0.717, 1.165) is 16.1 Å². The first-order valence-corrected chi connectivity index (χ1v) is 17.9. The second kappa shape index (κ2) is 12.4. The van der Waals surface area contributed by atoms with Crippen molar-refractivity contribution >= 4 is 62.5 Å². The summed E-state index contributed by atoms with van der Waals surface area (Å²) in [5, 5.41) is 13.4. The van der Waals surface area contributed by atoms with Gasteiger partial charge in [-0.05, 0) is 79.8 Å². The number of imide groups is 2. The first-order chi connectivity index (χ1) is 24.6. The molecular formula is C40H33BrClN3O6. The number of methoxy groups -OCH3 is 1. The molecule has 0 unspecified atom stereocenters. The van der Waals surface area contributed by atoms with Gasteiger partial charge in [0.15, 0.2) is 11.5 Å². The third kappa shape index (κ3) is 4.94. The predicted molar refractivity (Wildman–Crippen MR) is 195 cm³/mol. The van der Waals surface area contributed by atoms with Crippen LogP contribution < -0.4 is 15.1 Å². The van der Waals surface area contributed by atoms with Crippen molar-refractivity contribution in [2.75, 3.05) is 17.4 Å². The van der Waals surface area contributed by atoms with Crippen LogP contribution in [0.2, 0.25) is 5.02 Å². The smallest absolute Gasteiger partial charge is 0.260 e. The quantitative estimate of drug-likeness (QED) is 0.156. The Labute approximate surface area is 307 Å². The van der Waals surface area contributed by atoms with Gasteiger partial charge in [-0.3, -0.25) is 29.5 Å². The van der Waals surface area contributed by atoms with Crippen LogP contribution in [0.25, 0.3) is 0 Å². The molecule has 2 saturated heterocycles. The number of phenols is 1. The maximum atomic E-state index is 15.3. The van der Waals surface area contributed by atoms with Crippen LogP contribution in [0.4, 0.5) is 11.4 Å². The first-order valence-electron chi connectivity index (χ1n) is 16.7. The van der Waals surface area contributed by atoms with Crippen LogP contribution in [0.3, 0.4) is 0 Å². The number of hydrazine groups is 1. The Morgan fingerprint density at radius 2 is 1.61 bits per heavy atom. The van der Waals surface area contributed by atoms with Crippen molar-refractivity contribution in [2.24, 2.45) is 23.7 Å². The van der Waals surface area contributed by atoms with Gasteiger partial charge in [-0.25, -0.2) is 0 Å². The van der Waals surface area contributed by atoms with Crippen LogP contribution in [0.15, 0.2) is 107 Å². The lowest BCUT2D eigenvalue weighted by molar-refractivity contribution is -0.138. The summed E-state index contributed by atoms with van der Waals surface area (Å²) in [6.07, 6.45) is 2.33. The monoisotopic (exact) mass is 765 g/mol. The summed E-state index contributed by atoms with van der Waals surface area (Å²) in [5.74, 6) is -5.53. The first kappa shape index (κ1) is 33.2. The van der Waals surface area contributed by atoms with Gasteiger partial charge in [-0.2, -0.15) is 5.01 Å². The zero-order valence-electron chi connectivity index (χ0n) is 27.7. The van der Waals surface area contributed by atoms with E-state index in [9.17, 15) is 19.5 Å². The molecule has 1 saturated carbocycles. The zero-order valence-corrected chi connectivity index (χ0v) is 30.0. The molecule has 258 valence electrons. The van der Waals surface area contributed by atoms with E-state index in [1.165, 1.54) is 12.0 Å². The van der Waals surface area contributed by atoms with Gasteiger partial charge in [0.05, 0.1) is 41.7 Å². The number of hydrogen-bond donors (Lipinski definition) is 2. The van der Waals surface area contributed by atoms with E-state index in [2.05, 4.69) is 21.4 Å². The van der Waals surface area contributed by atoms with Gasteiger partial charge in [0.1, 0.15) is 0 Å². The highest BCUT2D eigenvalue weighted by atomic mass is 79.9. The third-order valence-electron chi connectivity index (χ3n) is 11.1. The van der Waals surface area contributed by atoms with Crippen molar-refractivity contribution in [3.05, 3.63) is 129 Å². The molecule has 0 spiro atoms. The Bertz CT molecular complexity index is 2140. The number of ether oxygens (including phenoxy) is 1. The molecule has 9 nitrogen and oxygen atoms in total. The average molecular weight is 767 g/mol. The predicted octanol–water partition coefficient (Wildman–Crippen LogP) is 7.31. The van der Waals surface area contributed by atoms with Gasteiger partial charge in [-0.1, -0.05) is 87.2 Å². The number of amides is 4. The lowest BCUT2D eigenvalue weighted by atomic mass is 9.49. The maximum absolute atomic E-state index is 15.3. The molecule has 3 fully saturated rings. The number of nitrogens with one attached hydrogen (secondary N) is 1. The number of carbonyl (C=O) groups is 4. The Hall–Kier alpha value is -4.93. The number of aromatic hydroxyl groups is 1. The van der Waals surface area contributed by atoms with E-state index in [0.29, 0.717) is 32.0 Å². The highest BCUT2D eigenvalue weighted by Gasteiger charge is 2.70. The molecule has 2 N–H and O–H groups in total. The summed E-state index contributed by atoms with van der Waals surface area (Å²) in [4.78, 5) is 59.8. The fraction of sp³-hybridized carbons (Fsp3) is 0.250. The number of phenolic OH excluding ortho intramolecular Hbond substituents is 1. The summed E-state index contributed by atoms with van der Waals surface area (Å²) in [5.41, 5.74) is 5.25. The number of benzene rings is 4. The molecule has 0 radical (unpaired) electrons. The van der Waals surface area contributed by atoms with E-state index in [1.54, 1.807) is 48.5 Å². The molecule has 6 atom stereocenters. The van der Waals surface area contributed by atoms with Crippen LogP contribution in [0, 0.1) is 30.6 Å². The van der Waals surface area contributed by atoms with E-state index >= 15 is 4.79 Å². The van der Waals surface area contributed by atoms with Crippen molar-refractivity contribution in [1.29, 1.82) is 0 Å². The SMILES string of the molecule is COc1cc(Br)cc([C@H]2C3=CC[C@@H]4C(=O)N(c5ccc(Cl)cc5)C(=O)[C@@H]4[C@@H]3C[C@H]3C(=O)N(Nc4ccc(C)cc4)C(=O)[C@@]23c2ccccc2)c1O. The van der Waals surface area contributed by atoms with E-state index < -0.39 is 46.8 Å². The Morgan fingerprint density at radius 1 is 0.902 bits per heavy atom. The van der Waals surface area contributed by atoms with Crippen LogP contribution >= 0.6 is 27.5 Å². The number of aryl methyl sites for hydroxylation is 1. The summed E-state index contributed by atoms with van der Waals surface area (Å²) >= 11 is 9.72. The van der Waals surface area contributed by atoms with Gasteiger partial charge in [0, 0.05) is 21.0 Å². The van der Waals surface area contributed by atoms with Crippen LogP contribution in [-0.2, 0) is 24.6 Å². The normalized spacial score (nSPS) is 26.8.